The van der Waals surface area contributed by atoms with Gasteiger partial charge in [-0.2, -0.15) is 0 Å². The molecule has 3 amide bonds. The van der Waals surface area contributed by atoms with Gasteiger partial charge in [-0.05, 0) is 37.3 Å². The fourth-order valence-corrected chi connectivity index (χ4v) is 4.37. The van der Waals surface area contributed by atoms with Gasteiger partial charge in [0.05, 0.1) is 12.5 Å². The highest BCUT2D eigenvalue weighted by atomic mass is 16.4. The fourth-order valence-electron chi connectivity index (χ4n) is 4.37. The van der Waals surface area contributed by atoms with Crippen molar-refractivity contribution in [2.75, 3.05) is 13.1 Å². The number of aliphatic carboxylic acids is 2. The van der Waals surface area contributed by atoms with Gasteiger partial charge in [0.1, 0.15) is 18.1 Å². The number of nitrogens with one attached hydrogen (secondary N) is 4. The Morgan fingerprint density at radius 2 is 1.29 bits per heavy atom. The van der Waals surface area contributed by atoms with Gasteiger partial charge in [-0.25, -0.2) is 4.79 Å². The Bertz CT molecular complexity index is 1400. The van der Waals surface area contributed by atoms with Crippen molar-refractivity contribution < 1.29 is 34.2 Å². The fraction of sp³-hybridized carbons (Fsp3) is 0.444. The average molecular weight is 632 g/mol. The van der Waals surface area contributed by atoms with Crippen LogP contribution in [0, 0.1) is 0 Å². The second-order valence-corrected chi connectivity index (χ2v) is 10.2. The highest BCUT2D eigenvalue weighted by Crippen LogP contribution is 2.19. The topological polar surface area (TPSA) is 333 Å². The molecule has 16 N–H and O–H groups in total. The second kappa shape index (κ2) is 17.7. The number of carbonyl (C=O) groups is 5. The molecule has 4 unspecified atom stereocenters. The Morgan fingerprint density at radius 1 is 0.778 bits per heavy atom. The first-order chi connectivity index (χ1) is 21.3. The Balaban J connectivity index is 2.25. The van der Waals surface area contributed by atoms with Gasteiger partial charge in [0, 0.05) is 36.6 Å². The third-order valence-electron chi connectivity index (χ3n) is 6.60. The third-order valence-corrected chi connectivity index (χ3v) is 6.60. The predicted octanol–water partition coefficient (Wildman–Crippen LogP) is -2.84. The zero-order valence-electron chi connectivity index (χ0n) is 24.6. The Hall–Kier alpha value is -5.39. The normalized spacial score (nSPS) is 13.4. The maximum atomic E-state index is 13.4. The lowest BCUT2D eigenvalue weighted by Gasteiger charge is -2.25. The minimum Gasteiger partial charge on any atom is -0.481 e. The van der Waals surface area contributed by atoms with Crippen LogP contribution in [0.1, 0.15) is 37.7 Å². The molecule has 0 spiro atoms. The Labute approximate surface area is 258 Å². The lowest BCUT2D eigenvalue weighted by atomic mass is 10.0. The summed E-state index contributed by atoms with van der Waals surface area (Å²) in [6.45, 7) is 0.224. The summed E-state index contributed by atoms with van der Waals surface area (Å²) in [5, 5.41) is 27.1. The Morgan fingerprint density at radius 3 is 1.80 bits per heavy atom. The molecule has 0 saturated carbocycles. The summed E-state index contributed by atoms with van der Waals surface area (Å²) in [6, 6.07) is 1.95. The van der Waals surface area contributed by atoms with Gasteiger partial charge in [0.2, 0.25) is 17.7 Å². The SMILES string of the molecule is NC(N)=NCCCC(NC(=O)C(N)CC(=O)O)C(=O)NC(CCCN=C(N)N)C(=O)NC(Cc1c[nH]c2ccccc12)C(=O)O. The molecule has 0 bridgehead atoms. The monoisotopic (exact) mass is 631 g/mol. The van der Waals surface area contributed by atoms with Crippen LogP contribution in [0.25, 0.3) is 10.9 Å². The number of hydrogen-bond donors (Lipinski definition) is 11. The number of amides is 3. The van der Waals surface area contributed by atoms with Crippen LogP contribution in [0.4, 0.5) is 0 Å². The molecular weight excluding hydrogens is 590 g/mol. The molecule has 246 valence electrons. The lowest BCUT2D eigenvalue weighted by molar-refractivity contribution is -0.142. The number of H-pyrrole nitrogens is 1. The van der Waals surface area contributed by atoms with Crippen LogP contribution >= 0.6 is 0 Å². The molecule has 0 aliphatic heterocycles. The van der Waals surface area contributed by atoms with E-state index < -0.39 is 60.2 Å². The average Bonchev–Trinajstić information content (AvgIpc) is 3.37. The van der Waals surface area contributed by atoms with E-state index in [-0.39, 0.29) is 57.1 Å². The van der Waals surface area contributed by atoms with Gasteiger partial charge in [-0.15, -0.1) is 0 Å². The Kier molecular flexibility index (Phi) is 14.1. The molecule has 18 heteroatoms. The van der Waals surface area contributed by atoms with Gasteiger partial charge in [0.15, 0.2) is 11.9 Å². The molecule has 2 rings (SSSR count). The van der Waals surface area contributed by atoms with Crippen LogP contribution in [-0.2, 0) is 30.4 Å². The van der Waals surface area contributed by atoms with Crippen molar-refractivity contribution in [2.45, 2.75) is 62.7 Å². The van der Waals surface area contributed by atoms with Gasteiger partial charge in [0.25, 0.3) is 0 Å². The van der Waals surface area contributed by atoms with Crippen molar-refractivity contribution in [3.05, 3.63) is 36.0 Å². The first-order valence-electron chi connectivity index (χ1n) is 14.1. The first kappa shape index (κ1) is 35.8. The summed E-state index contributed by atoms with van der Waals surface area (Å²) in [5.41, 5.74) is 28.5. The number of aromatic nitrogens is 1. The molecule has 4 atom stereocenters. The maximum absolute atomic E-state index is 13.4. The van der Waals surface area contributed by atoms with Crippen molar-refractivity contribution in [1.82, 2.24) is 20.9 Å². The number of carbonyl (C=O) groups excluding carboxylic acids is 3. The van der Waals surface area contributed by atoms with E-state index in [1.807, 2.05) is 18.2 Å². The molecule has 45 heavy (non-hydrogen) atoms. The number of carboxylic acid groups (broad SMARTS) is 2. The number of aliphatic imine (C=N–C) groups is 2. The number of guanidine groups is 2. The van der Waals surface area contributed by atoms with Crippen molar-refractivity contribution in [3.63, 3.8) is 0 Å². The number of rotatable bonds is 19. The van der Waals surface area contributed by atoms with Gasteiger partial charge in [-0.1, -0.05) is 18.2 Å². The number of hydrogen-bond acceptors (Lipinski definition) is 8. The zero-order chi connectivity index (χ0) is 33.5. The van der Waals surface area contributed by atoms with E-state index in [1.165, 1.54) is 0 Å². The number of benzene rings is 1. The predicted molar refractivity (Wildman–Crippen MR) is 165 cm³/mol. The largest absolute Gasteiger partial charge is 0.481 e. The summed E-state index contributed by atoms with van der Waals surface area (Å²) in [7, 11) is 0. The van der Waals surface area contributed by atoms with Crippen molar-refractivity contribution in [3.8, 4) is 0 Å². The molecule has 18 nitrogen and oxygen atoms in total. The molecule has 0 saturated heterocycles. The zero-order valence-corrected chi connectivity index (χ0v) is 24.6. The molecule has 0 aliphatic rings. The highest BCUT2D eigenvalue weighted by molar-refractivity contribution is 5.95. The standard InChI is InChI=1S/C27H41N11O7/c28-16(12-21(39)40)22(41)36-18(7-3-9-33-26(29)30)23(42)37-19(8-4-10-34-27(31)32)24(43)38-20(25(44)45)11-14-13-35-17-6-2-1-5-15(14)17/h1-2,5-6,13,16,18-20,35H,3-4,7-12,28H2,(H,36,41)(H,37,42)(H,38,43)(H,39,40)(H,44,45)(H4,29,30,33)(H4,31,32,34). The van der Waals surface area contributed by atoms with E-state index in [2.05, 4.69) is 30.9 Å². The summed E-state index contributed by atoms with van der Waals surface area (Å²) in [6.07, 6.45) is 1.36. The number of aromatic amines is 1. The van der Waals surface area contributed by atoms with E-state index in [0.29, 0.717) is 5.56 Å². The molecule has 0 radical (unpaired) electrons. The van der Waals surface area contributed by atoms with Gasteiger partial charge < -0.3 is 59.8 Å². The number of para-hydroxylation sites is 1. The van der Waals surface area contributed by atoms with Crippen LogP contribution in [0.2, 0.25) is 0 Å². The summed E-state index contributed by atoms with van der Waals surface area (Å²) in [4.78, 5) is 73.3. The molecule has 1 heterocycles. The quantitative estimate of drug-likeness (QED) is 0.0424. The third kappa shape index (κ3) is 12.4. The maximum Gasteiger partial charge on any atom is 0.326 e. The molecule has 1 aromatic carbocycles. The number of carboxylic acids is 2. The van der Waals surface area contributed by atoms with Crippen molar-refractivity contribution in [2.24, 2.45) is 38.7 Å². The minimum absolute atomic E-state index is 0.000965. The molecular formula is C27H41N11O7. The molecule has 1 aromatic heterocycles. The summed E-state index contributed by atoms with van der Waals surface area (Å²) in [5.74, 6) is -5.47. The number of fused-ring (bicyclic) bond motifs is 1. The molecule has 2 aromatic rings. The van der Waals surface area contributed by atoms with Crippen molar-refractivity contribution in [1.29, 1.82) is 0 Å². The minimum atomic E-state index is -1.45. The number of nitrogens with zero attached hydrogens (tertiary/aromatic N) is 2. The van der Waals surface area contributed by atoms with Crippen LogP contribution in [-0.4, -0.2) is 94.0 Å². The van der Waals surface area contributed by atoms with Crippen molar-refractivity contribution >= 4 is 52.5 Å². The van der Waals surface area contributed by atoms with Gasteiger partial charge in [-0.3, -0.25) is 29.2 Å². The highest BCUT2D eigenvalue weighted by Gasteiger charge is 2.31. The molecule has 0 aliphatic carbocycles. The van der Waals surface area contributed by atoms with E-state index in [9.17, 15) is 29.1 Å². The van der Waals surface area contributed by atoms with E-state index >= 15 is 0 Å². The van der Waals surface area contributed by atoms with Crippen LogP contribution in [0.5, 0.6) is 0 Å². The number of nitrogens with two attached hydrogens (primary N) is 5. The second-order valence-electron chi connectivity index (χ2n) is 10.2. The van der Waals surface area contributed by atoms with E-state index in [1.54, 1.807) is 12.3 Å². The van der Waals surface area contributed by atoms with E-state index in [0.717, 1.165) is 10.9 Å². The van der Waals surface area contributed by atoms with Crippen LogP contribution < -0.4 is 44.6 Å². The molecule has 0 fully saturated rings. The smallest absolute Gasteiger partial charge is 0.326 e. The lowest BCUT2D eigenvalue weighted by Crippen LogP contribution is -2.57. The van der Waals surface area contributed by atoms with Gasteiger partial charge >= 0.3 is 11.9 Å². The van der Waals surface area contributed by atoms with E-state index in [4.69, 9.17) is 33.8 Å². The summed E-state index contributed by atoms with van der Waals surface area (Å²) < 4.78 is 0. The van der Waals surface area contributed by atoms with Crippen LogP contribution in [0.15, 0.2) is 40.4 Å². The van der Waals surface area contributed by atoms with Crippen LogP contribution in [0.3, 0.4) is 0 Å². The first-order valence-corrected chi connectivity index (χ1v) is 14.1. The summed E-state index contributed by atoms with van der Waals surface area (Å²) >= 11 is 0.